The summed E-state index contributed by atoms with van der Waals surface area (Å²) >= 11 is 0. The predicted molar refractivity (Wildman–Crippen MR) is 142 cm³/mol. The Kier molecular flexibility index (Phi) is 9.08. The lowest BCUT2D eigenvalue weighted by molar-refractivity contribution is -0.137. The number of rotatable bonds is 9. The summed E-state index contributed by atoms with van der Waals surface area (Å²) in [5.74, 6) is -2.84. The summed E-state index contributed by atoms with van der Waals surface area (Å²) in [6.07, 6.45) is 0.141. The number of anilines is 1. The van der Waals surface area contributed by atoms with Crippen molar-refractivity contribution in [2.75, 3.05) is 5.32 Å². The smallest absolute Gasteiger partial charge is 0.412 e. The average molecular weight is 537 g/mol. The second kappa shape index (κ2) is 12.2. The molecule has 0 spiro atoms. The summed E-state index contributed by atoms with van der Waals surface area (Å²) in [7, 11) is 0. The van der Waals surface area contributed by atoms with Gasteiger partial charge in [-0.2, -0.15) is 0 Å². The van der Waals surface area contributed by atoms with Crippen LogP contribution in [0.2, 0.25) is 0 Å². The van der Waals surface area contributed by atoms with E-state index in [0.717, 1.165) is 17.7 Å². The second-order valence-corrected chi connectivity index (χ2v) is 9.75. The van der Waals surface area contributed by atoms with Gasteiger partial charge < -0.3 is 10.1 Å². The van der Waals surface area contributed by atoms with Gasteiger partial charge in [-0.05, 0) is 38.5 Å². The molecule has 0 aliphatic carbocycles. The average Bonchev–Trinajstić information content (AvgIpc) is 2.85. The number of Topliss-reactive ketones (excluding diaryl/α,β-unsaturated/α-hetero) is 2. The molecule has 0 radical (unpaired) electrons. The first-order valence-corrected chi connectivity index (χ1v) is 12.1. The molecule has 39 heavy (non-hydrogen) atoms. The number of ketones is 2. The minimum atomic E-state index is -1.29. The molecule has 1 atom stereocenters. The Morgan fingerprint density at radius 3 is 2.36 bits per heavy atom. The van der Waals surface area contributed by atoms with Crippen LogP contribution in [0.25, 0.3) is 11.4 Å². The van der Waals surface area contributed by atoms with Crippen LogP contribution in [0.5, 0.6) is 0 Å². The second-order valence-electron chi connectivity index (χ2n) is 9.75. The summed E-state index contributed by atoms with van der Waals surface area (Å²) in [5.41, 5.74) is -0.887. The Morgan fingerprint density at radius 2 is 1.74 bits per heavy atom. The third-order valence-corrected chi connectivity index (χ3v) is 5.34. The molecular weight excluding hydrogens is 507 g/mol. The predicted octanol–water partition coefficient (Wildman–Crippen LogP) is 3.28. The van der Waals surface area contributed by atoms with Gasteiger partial charge in [-0.15, -0.1) is 0 Å². The number of carbonyl (C=O) groups is 4. The molecule has 1 unspecified atom stereocenters. The lowest BCUT2D eigenvalue weighted by Gasteiger charge is -2.20. The van der Waals surface area contributed by atoms with Crippen molar-refractivity contribution in [1.29, 1.82) is 0 Å². The summed E-state index contributed by atoms with van der Waals surface area (Å²) in [4.78, 5) is 67.4. The van der Waals surface area contributed by atoms with Crippen molar-refractivity contribution >= 4 is 29.3 Å². The number of carbonyl (C=O) groups excluding carboxylic acids is 4. The largest absolute Gasteiger partial charge is 0.444 e. The van der Waals surface area contributed by atoms with Crippen molar-refractivity contribution in [3.05, 3.63) is 82.5 Å². The van der Waals surface area contributed by atoms with Gasteiger partial charge in [-0.1, -0.05) is 42.5 Å². The third-order valence-electron chi connectivity index (χ3n) is 5.34. The SMILES string of the molecule is CC(=O)C(=O)C(Cc1cccc(F)c1)NC(=O)Cn1c(-c2ccccc2)ncc(NC(=O)OC(C)(C)C)c1=O. The highest BCUT2D eigenvalue weighted by atomic mass is 19.1. The molecule has 3 aromatic rings. The lowest BCUT2D eigenvalue weighted by atomic mass is 10.00. The summed E-state index contributed by atoms with van der Waals surface area (Å²) < 4.78 is 19.9. The van der Waals surface area contributed by atoms with Gasteiger partial charge in [0.1, 0.15) is 29.5 Å². The van der Waals surface area contributed by atoms with Crippen LogP contribution in [0, 0.1) is 5.82 Å². The van der Waals surface area contributed by atoms with Gasteiger partial charge in [0.15, 0.2) is 5.78 Å². The maximum atomic E-state index is 13.7. The first-order chi connectivity index (χ1) is 18.3. The zero-order valence-corrected chi connectivity index (χ0v) is 22.0. The fourth-order valence-electron chi connectivity index (χ4n) is 3.69. The first-order valence-electron chi connectivity index (χ1n) is 12.1. The van der Waals surface area contributed by atoms with E-state index in [9.17, 15) is 28.4 Å². The number of hydrogen-bond donors (Lipinski definition) is 2. The molecule has 2 N–H and O–H groups in total. The Hall–Kier alpha value is -4.67. The van der Waals surface area contributed by atoms with Gasteiger partial charge in [-0.25, -0.2) is 14.2 Å². The molecule has 10 nitrogen and oxygen atoms in total. The van der Waals surface area contributed by atoms with Gasteiger partial charge in [0.25, 0.3) is 5.56 Å². The van der Waals surface area contributed by atoms with Crippen LogP contribution in [0.3, 0.4) is 0 Å². The van der Waals surface area contributed by atoms with Gasteiger partial charge in [-0.3, -0.25) is 29.1 Å². The standard InChI is InChI=1S/C28H29FN4O6/c1-17(34)24(36)21(14-18-9-8-12-20(29)13-18)31-23(35)16-33-25(19-10-6-5-7-11-19)30-15-22(26(33)37)32-27(38)39-28(2,3)4/h5-13,15,21H,14,16H2,1-4H3,(H,31,35)(H,32,38). The number of aromatic nitrogens is 2. The normalized spacial score (nSPS) is 11.8. The molecule has 1 aromatic heterocycles. The molecule has 0 bridgehead atoms. The van der Waals surface area contributed by atoms with E-state index in [1.54, 1.807) is 57.2 Å². The molecule has 11 heteroatoms. The Bertz CT molecular complexity index is 1450. The summed E-state index contributed by atoms with van der Waals surface area (Å²) in [5, 5.41) is 4.83. The zero-order chi connectivity index (χ0) is 28.7. The lowest BCUT2D eigenvalue weighted by Crippen LogP contribution is -2.47. The number of benzene rings is 2. The Morgan fingerprint density at radius 1 is 1.05 bits per heavy atom. The van der Waals surface area contributed by atoms with E-state index in [0.29, 0.717) is 11.1 Å². The van der Waals surface area contributed by atoms with Crippen molar-refractivity contribution in [3.63, 3.8) is 0 Å². The highest BCUT2D eigenvalue weighted by Crippen LogP contribution is 2.17. The first kappa shape index (κ1) is 28.9. The van der Waals surface area contributed by atoms with Crippen molar-refractivity contribution < 1.29 is 28.3 Å². The highest BCUT2D eigenvalue weighted by Gasteiger charge is 2.26. The minimum absolute atomic E-state index is 0.130. The molecule has 3 rings (SSSR count). The molecular formula is C28H29FN4O6. The van der Waals surface area contributed by atoms with Gasteiger partial charge >= 0.3 is 6.09 Å². The fourth-order valence-corrected chi connectivity index (χ4v) is 3.69. The zero-order valence-electron chi connectivity index (χ0n) is 22.0. The molecule has 0 saturated carbocycles. The van der Waals surface area contributed by atoms with E-state index in [-0.39, 0.29) is 17.9 Å². The number of ether oxygens (including phenoxy) is 1. The highest BCUT2D eigenvalue weighted by molar-refractivity contribution is 6.38. The van der Waals surface area contributed by atoms with Crippen molar-refractivity contribution in [2.24, 2.45) is 0 Å². The topological polar surface area (TPSA) is 136 Å². The maximum absolute atomic E-state index is 13.7. The van der Waals surface area contributed by atoms with Crippen LogP contribution in [-0.4, -0.2) is 44.8 Å². The van der Waals surface area contributed by atoms with Crippen molar-refractivity contribution in [1.82, 2.24) is 14.9 Å². The van der Waals surface area contributed by atoms with Crippen LogP contribution in [0.15, 0.2) is 65.6 Å². The van der Waals surface area contributed by atoms with Crippen molar-refractivity contribution in [2.45, 2.75) is 52.3 Å². The summed E-state index contributed by atoms with van der Waals surface area (Å²) in [6.45, 7) is 5.46. The van der Waals surface area contributed by atoms with Crippen LogP contribution >= 0.6 is 0 Å². The van der Waals surface area contributed by atoms with Crippen LogP contribution in [0.4, 0.5) is 14.9 Å². The number of nitrogens with one attached hydrogen (secondary N) is 2. The molecule has 0 aliphatic heterocycles. The fraction of sp³-hybridized carbons (Fsp3) is 0.286. The number of amides is 2. The molecule has 0 aliphatic rings. The molecule has 1 heterocycles. The van der Waals surface area contributed by atoms with Gasteiger partial charge in [0.2, 0.25) is 11.7 Å². The van der Waals surface area contributed by atoms with Gasteiger partial charge in [0.05, 0.1) is 12.2 Å². The van der Waals surface area contributed by atoms with E-state index >= 15 is 0 Å². The minimum Gasteiger partial charge on any atom is -0.444 e. The number of hydrogen-bond acceptors (Lipinski definition) is 7. The van der Waals surface area contributed by atoms with E-state index < -0.39 is 53.1 Å². The maximum Gasteiger partial charge on any atom is 0.412 e. The van der Waals surface area contributed by atoms with Gasteiger partial charge in [0, 0.05) is 18.9 Å². The van der Waals surface area contributed by atoms with Crippen LogP contribution < -0.4 is 16.2 Å². The quantitative estimate of drug-likeness (QED) is 0.401. The number of nitrogens with zero attached hydrogens (tertiary/aromatic N) is 2. The third kappa shape index (κ3) is 8.16. The monoisotopic (exact) mass is 536 g/mol. The molecule has 0 fully saturated rings. The van der Waals surface area contributed by atoms with Crippen LogP contribution in [0.1, 0.15) is 33.3 Å². The van der Waals surface area contributed by atoms with Crippen molar-refractivity contribution in [3.8, 4) is 11.4 Å². The van der Waals surface area contributed by atoms with E-state index in [2.05, 4.69) is 15.6 Å². The molecule has 0 saturated heterocycles. The molecule has 2 aromatic carbocycles. The molecule has 2 amide bonds. The van der Waals surface area contributed by atoms with E-state index in [1.807, 2.05) is 0 Å². The van der Waals surface area contributed by atoms with E-state index in [4.69, 9.17) is 4.74 Å². The van der Waals surface area contributed by atoms with E-state index in [1.165, 1.54) is 18.2 Å². The Labute approximate surface area is 224 Å². The Balaban J connectivity index is 1.93. The molecule has 204 valence electrons. The van der Waals surface area contributed by atoms with Crippen LogP contribution in [-0.2, 0) is 32.1 Å². The number of halogens is 1. The summed E-state index contributed by atoms with van der Waals surface area (Å²) in [6, 6.07) is 12.7.